The first-order valence-electron chi connectivity index (χ1n) is 5.80. The van der Waals surface area contributed by atoms with Crippen molar-refractivity contribution in [2.75, 3.05) is 6.61 Å². The number of hydrogen-bond acceptors (Lipinski definition) is 3. The monoisotopic (exact) mass is 262 g/mol. The van der Waals surface area contributed by atoms with E-state index in [1.165, 1.54) is 0 Å². The van der Waals surface area contributed by atoms with Gasteiger partial charge in [0.15, 0.2) is 0 Å². The van der Waals surface area contributed by atoms with Gasteiger partial charge in [0.1, 0.15) is 5.75 Å². The first-order valence-corrected chi connectivity index (χ1v) is 6.18. The molecule has 1 aromatic carbocycles. The zero-order chi connectivity index (χ0) is 12.8. The maximum atomic E-state index is 6.06. The van der Waals surface area contributed by atoms with Gasteiger partial charge in [-0.05, 0) is 23.8 Å². The van der Waals surface area contributed by atoms with Crippen molar-refractivity contribution in [2.24, 2.45) is 5.73 Å². The lowest BCUT2D eigenvalue weighted by molar-refractivity contribution is 0.318. The molecule has 1 heterocycles. The minimum Gasteiger partial charge on any atom is -0.493 e. The van der Waals surface area contributed by atoms with Gasteiger partial charge in [-0.3, -0.25) is 4.98 Å². The number of halogens is 1. The lowest BCUT2D eigenvalue weighted by Crippen LogP contribution is -2.06. The van der Waals surface area contributed by atoms with E-state index in [1.807, 2.05) is 36.5 Å². The third-order valence-electron chi connectivity index (χ3n) is 2.65. The highest BCUT2D eigenvalue weighted by atomic mass is 35.5. The van der Waals surface area contributed by atoms with Crippen LogP contribution in [-0.2, 0) is 13.0 Å². The minimum absolute atomic E-state index is 0.377. The van der Waals surface area contributed by atoms with Crippen LogP contribution < -0.4 is 10.5 Å². The lowest BCUT2D eigenvalue weighted by atomic mass is 10.2. The second-order valence-corrected chi connectivity index (χ2v) is 4.29. The van der Waals surface area contributed by atoms with E-state index in [9.17, 15) is 0 Å². The summed E-state index contributed by atoms with van der Waals surface area (Å²) in [5.74, 6) is 0.758. The van der Waals surface area contributed by atoms with E-state index in [0.717, 1.165) is 23.3 Å². The van der Waals surface area contributed by atoms with E-state index in [1.54, 1.807) is 6.20 Å². The molecule has 0 aliphatic carbocycles. The Hall–Kier alpha value is -1.58. The predicted molar refractivity (Wildman–Crippen MR) is 72.8 cm³/mol. The Labute approximate surface area is 112 Å². The summed E-state index contributed by atoms with van der Waals surface area (Å²) in [5, 5.41) is 0.649. The maximum Gasteiger partial charge on any atom is 0.125 e. The standard InChI is InChI=1S/C14H15ClN2O/c15-13-4-1-5-14(12(13)9-16)18-8-6-11-3-2-7-17-10-11/h1-5,7,10H,6,8-9,16H2. The molecule has 0 saturated carbocycles. The molecule has 94 valence electrons. The Morgan fingerprint density at radius 2 is 2.11 bits per heavy atom. The highest BCUT2D eigenvalue weighted by Crippen LogP contribution is 2.25. The van der Waals surface area contributed by atoms with Gasteiger partial charge in [0, 0.05) is 35.9 Å². The fraction of sp³-hybridized carbons (Fsp3) is 0.214. The van der Waals surface area contributed by atoms with Crippen molar-refractivity contribution in [1.29, 1.82) is 0 Å². The molecule has 3 nitrogen and oxygen atoms in total. The van der Waals surface area contributed by atoms with Crippen LogP contribution in [0.15, 0.2) is 42.7 Å². The highest BCUT2D eigenvalue weighted by molar-refractivity contribution is 6.31. The van der Waals surface area contributed by atoms with Crippen molar-refractivity contribution in [3.8, 4) is 5.75 Å². The molecule has 0 radical (unpaired) electrons. The number of ether oxygens (including phenoxy) is 1. The van der Waals surface area contributed by atoms with Crippen LogP contribution in [0.2, 0.25) is 5.02 Å². The van der Waals surface area contributed by atoms with Gasteiger partial charge < -0.3 is 10.5 Å². The largest absolute Gasteiger partial charge is 0.493 e. The molecule has 0 atom stereocenters. The fourth-order valence-electron chi connectivity index (χ4n) is 1.70. The summed E-state index contributed by atoms with van der Waals surface area (Å²) < 4.78 is 5.72. The third-order valence-corrected chi connectivity index (χ3v) is 3.01. The summed E-state index contributed by atoms with van der Waals surface area (Å²) in [6, 6.07) is 9.51. The van der Waals surface area contributed by atoms with Crippen LogP contribution >= 0.6 is 11.6 Å². The van der Waals surface area contributed by atoms with Gasteiger partial charge in [-0.15, -0.1) is 0 Å². The molecule has 2 aromatic rings. The fourth-order valence-corrected chi connectivity index (χ4v) is 1.94. The first kappa shape index (κ1) is 12.9. The normalized spacial score (nSPS) is 10.3. The second-order valence-electron chi connectivity index (χ2n) is 3.88. The van der Waals surface area contributed by atoms with Crippen molar-refractivity contribution in [2.45, 2.75) is 13.0 Å². The molecular weight excluding hydrogens is 248 g/mol. The minimum atomic E-state index is 0.377. The average molecular weight is 263 g/mol. The summed E-state index contributed by atoms with van der Waals surface area (Å²) in [6.07, 6.45) is 4.41. The van der Waals surface area contributed by atoms with Crippen LogP contribution in [0.3, 0.4) is 0 Å². The zero-order valence-electron chi connectivity index (χ0n) is 9.97. The summed E-state index contributed by atoms with van der Waals surface area (Å²) in [7, 11) is 0. The SMILES string of the molecule is NCc1c(Cl)cccc1OCCc1cccnc1. The number of hydrogen-bond donors (Lipinski definition) is 1. The lowest BCUT2D eigenvalue weighted by Gasteiger charge is -2.11. The van der Waals surface area contributed by atoms with Crippen molar-refractivity contribution in [1.82, 2.24) is 4.98 Å². The molecule has 4 heteroatoms. The molecule has 0 amide bonds. The van der Waals surface area contributed by atoms with Crippen LogP contribution in [0, 0.1) is 0 Å². The average Bonchev–Trinajstić information content (AvgIpc) is 2.40. The summed E-state index contributed by atoms with van der Waals surface area (Å²) in [6.45, 7) is 0.959. The number of benzene rings is 1. The van der Waals surface area contributed by atoms with Crippen molar-refractivity contribution >= 4 is 11.6 Å². The molecule has 0 spiro atoms. The molecule has 2 rings (SSSR count). The van der Waals surface area contributed by atoms with Gasteiger partial charge in [0.25, 0.3) is 0 Å². The van der Waals surface area contributed by atoms with Gasteiger partial charge in [-0.25, -0.2) is 0 Å². The zero-order valence-corrected chi connectivity index (χ0v) is 10.7. The highest BCUT2D eigenvalue weighted by Gasteiger charge is 2.06. The number of rotatable bonds is 5. The topological polar surface area (TPSA) is 48.1 Å². The Bertz CT molecular complexity index is 502. The molecule has 2 N–H and O–H groups in total. The van der Waals surface area contributed by atoms with E-state index < -0.39 is 0 Å². The summed E-state index contributed by atoms with van der Waals surface area (Å²) in [4.78, 5) is 4.06. The van der Waals surface area contributed by atoms with Crippen LogP contribution in [0.1, 0.15) is 11.1 Å². The second kappa shape index (κ2) is 6.38. The molecule has 0 aliphatic heterocycles. The number of nitrogens with zero attached hydrogens (tertiary/aromatic N) is 1. The Morgan fingerprint density at radius 1 is 1.22 bits per heavy atom. The predicted octanol–water partition coefficient (Wildman–Crippen LogP) is 2.82. The molecule has 18 heavy (non-hydrogen) atoms. The van der Waals surface area contributed by atoms with E-state index in [0.29, 0.717) is 18.2 Å². The number of aromatic nitrogens is 1. The van der Waals surface area contributed by atoms with Crippen LogP contribution in [-0.4, -0.2) is 11.6 Å². The Kier molecular flexibility index (Phi) is 4.56. The smallest absolute Gasteiger partial charge is 0.125 e. The van der Waals surface area contributed by atoms with Gasteiger partial charge >= 0.3 is 0 Å². The molecule has 0 unspecified atom stereocenters. The van der Waals surface area contributed by atoms with Crippen molar-refractivity contribution in [3.63, 3.8) is 0 Å². The molecule has 0 aliphatic rings. The third kappa shape index (κ3) is 3.22. The summed E-state index contributed by atoms with van der Waals surface area (Å²) in [5.41, 5.74) is 7.66. The first-order chi connectivity index (χ1) is 8.81. The Morgan fingerprint density at radius 3 is 2.83 bits per heavy atom. The van der Waals surface area contributed by atoms with E-state index in [-0.39, 0.29) is 0 Å². The van der Waals surface area contributed by atoms with Gasteiger partial charge in [-0.1, -0.05) is 23.7 Å². The molecule has 0 fully saturated rings. The van der Waals surface area contributed by atoms with E-state index >= 15 is 0 Å². The van der Waals surface area contributed by atoms with E-state index in [4.69, 9.17) is 22.1 Å². The van der Waals surface area contributed by atoms with Crippen molar-refractivity contribution in [3.05, 3.63) is 58.9 Å². The summed E-state index contributed by atoms with van der Waals surface area (Å²) >= 11 is 6.06. The van der Waals surface area contributed by atoms with Crippen molar-refractivity contribution < 1.29 is 4.74 Å². The molecule has 1 aromatic heterocycles. The quantitative estimate of drug-likeness (QED) is 0.901. The van der Waals surface area contributed by atoms with Crippen LogP contribution in [0.25, 0.3) is 0 Å². The molecular formula is C14H15ClN2O. The Balaban J connectivity index is 1.96. The molecule has 0 saturated heterocycles. The van der Waals surface area contributed by atoms with Gasteiger partial charge in [-0.2, -0.15) is 0 Å². The van der Waals surface area contributed by atoms with Gasteiger partial charge in [0.2, 0.25) is 0 Å². The van der Waals surface area contributed by atoms with Gasteiger partial charge in [0.05, 0.1) is 6.61 Å². The van der Waals surface area contributed by atoms with Crippen LogP contribution in [0.4, 0.5) is 0 Å². The number of pyridine rings is 1. The van der Waals surface area contributed by atoms with Crippen LogP contribution in [0.5, 0.6) is 5.75 Å². The van der Waals surface area contributed by atoms with E-state index in [2.05, 4.69) is 4.98 Å². The number of nitrogens with two attached hydrogens (primary N) is 1. The maximum absolute atomic E-state index is 6.06. The molecule has 0 bridgehead atoms.